The summed E-state index contributed by atoms with van der Waals surface area (Å²) in [6.07, 6.45) is 5.59. The van der Waals surface area contributed by atoms with E-state index in [4.69, 9.17) is 5.41 Å². The Morgan fingerprint density at radius 2 is 1.95 bits per heavy atom. The van der Waals surface area contributed by atoms with Crippen molar-refractivity contribution < 1.29 is 23.9 Å². The average molecular weight is 629 g/mol. The van der Waals surface area contributed by atoms with Gasteiger partial charge in [-0.15, -0.1) is 18.5 Å². The molecule has 0 spiro atoms. The Hall–Kier alpha value is -4.67. The molecule has 0 saturated carbocycles. The molecular formula is C27H31FN8O5P2. The number of benzene rings is 1. The Morgan fingerprint density at radius 3 is 2.60 bits per heavy atom. The van der Waals surface area contributed by atoms with Crippen molar-refractivity contribution in [3.63, 3.8) is 0 Å². The molecule has 3 rings (SSSR count). The molecule has 2 aromatic rings. The number of hydrogen-bond donors (Lipinski definition) is 6. The van der Waals surface area contributed by atoms with Crippen molar-refractivity contribution in [1.82, 2.24) is 30.7 Å². The number of guanidine groups is 1. The molecule has 0 aliphatic heterocycles. The molecule has 226 valence electrons. The predicted molar refractivity (Wildman–Crippen MR) is 168 cm³/mol. The maximum atomic E-state index is 14.4. The minimum absolute atomic E-state index is 0.0132. The van der Waals surface area contributed by atoms with Gasteiger partial charge in [-0.1, -0.05) is 6.07 Å². The standard InChI is InChI=1S/C27H31FN8O5P2/c1-35(2)23(39)11-30-10-17-8-20(21(38)9-19(17)29)33-26(32-14-37)34-27(41)36(13-16-4-3-5-31-25(16)40)12-15-6-18(28)24(43)22(42)7-15/h3-10,14,29-30,38H,11-13,42-43H2,1-2H3,(H,31,40)(H2,32,33,34,37,41)/b17-10-,29-19?. The number of carbonyl (C=O) groups excluding carboxylic acids is 3. The number of allylic oxidation sites excluding steroid dienone is 3. The highest BCUT2D eigenvalue weighted by Gasteiger charge is 2.20. The summed E-state index contributed by atoms with van der Waals surface area (Å²) in [7, 11) is 7.91. The summed E-state index contributed by atoms with van der Waals surface area (Å²) in [6, 6.07) is 5.14. The molecule has 2 unspecified atom stereocenters. The Kier molecular flexibility index (Phi) is 11.4. The molecule has 0 fully saturated rings. The van der Waals surface area contributed by atoms with Gasteiger partial charge in [-0.3, -0.25) is 19.7 Å². The van der Waals surface area contributed by atoms with E-state index in [0.29, 0.717) is 16.2 Å². The summed E-state index contributed by atoms with van der Waals surface area (Å²) in [5.41, 5.74) is 0.426. The Bertz CT molecular complexity index is 1590. The molecule has 6 N–H and O–H groups in total. The number of aliphatic imine (C=N–C) groups is 1. The molecule has 1 aromatic carbocycles. The molecule has 4 amide bonds. The van der Waals surface area contributed by atoms with E-state index in [0.717, 1.165) is 6.08 Å². The van der Waals surface area contributed by atoms with Gasteiger partial charge in [0.2, 0.25) is 18.3 Å². The lowest BCUT2D eigenvalue weighted by Crippen LogP contribution is -2.40. The molecule has 1 aliphatic rings. The van der Waals surface area contributed by atoms with Crippen LogP contribution < -0.4 is 32.1 Å². The van der Waals surface area contributed by atoms with Crippen LogP contribution in [-0.2, 0) is 22.7 Å². The van der Waals surface area contributed by atoms with Gasteiger partial charge in [-0.05, 0) is 35.1 Å². The maximum absolute atomic E-state index is 14.4. The van der Waals surface area contributed by atoms with E-state index in [2.05, 4.69) is 44.4 Å². The van der Waals surface area contributed by atoms with Gasteiger partial charge in [0.05, 0.1) is 24.5 Å². The average Bonchev–Trinajstić information content (AvgIpc) is 2.94. The van der Waals surface area contributed by atoms with Gasteiger partial charge in [0.1, 0.15) is 11.6 Å². The molecular weight excluding hydrogens is 597 g/mol. The topological polar surface area (TPSA) is 183 Å². The van der Waals surface area contributed by atoms with Gasteiger partial charge < -0.3 is 35.9 Å². The van der Waals surface area contributed by atoms with Crippen molar-refractivity contribution in [2.45, 2.75) is 13.1 Å². The number of nitrogens with zero attached hydrogens (tertiary/aromatic N) is 3. The third-order valence-corrected chi connectivity index (χ3v) is 7.38. The highest BCUT2D eigenvalue weighted by Crippen LogP contribution is 2.17. The van der Waals surface area contributed by atoms with E-state index < -0.39 is 17.4 Å². The van der Waals surface area contributed by atoms with Gasteiger partial charge in [-0.2, -0.15) is 4.99 Å². The summed E-state index contributed by atoms with van der Waals surface area (Å²) in [5.74, 6) is -1.47. The van der Waals surface area contributed by atoms with Crippen molar-refractivity contribution in [1.29, 1.82) is 5.41 Å². The third-order valence-electron chi connectivity index (χ3n) is 5.96. The van der Waals surface area contributed by atoms with Crippen molar-refractivity contribution >= 4 is 59.1 Å². The number of urea groups is 1. The summed E-state index contributed by atoms with van der Waals surface area (Å²) in [6.45, 7) is -0.367. The number of hydrogen-bond acceptors (Lipinski definition) is 7. The number of pyridine rings is 1. The fourth-order valence-corrected chi connectivity index (χ4v) is 4.18. The smallest absolute Gasteiger partial charge is 0.347 e. The lowest BCUT2D eigenvalue weighted by molar-refractivity contribution is -0.127. The first kappa shape index (κ1) is 32.8. The number of H-pyrrole nitrogens is 1. The van der Waals surface area contributed by atoms with Crippen LogP contribution in [0.2, 0.25) is 0 Å². The summed E-state index contributed by atoms with van der Waals surface area (Å²) in [4.78, 5) is 58.0. The summed E-state index contributed by atoms with van der Waals surface area (Å²) >= 11 is 0. The van der Waals surface area contributed by atoms with Crippen LogP contribution in [-0.4, -0.2) is 70.6 Å². The van der Waals surface area contributed by atoms with Crippen LogP contribution in [0, 0.1) is 11.2 Å². The number of amides is 4. The molecule has 43 heavy (non-hydrogen) atoms. The normalized spacial score (nSPS) is 14.0. The number of aliphatic hydroxyl groups is 1. The monoisotopic (exact) mass is 628 g/mol. The fraction of sp³-hybridized carbons (Fsp3) is 0.185. The molecule has 0 bridgehead atoms. The van der Waals surface area contributed by atoms with Crippen molar-refractivity contribution in [3.05, 3.63) is 93.1 Å². The Labute approximate surface area is 250 Å². The van der Waals surface area contributed by atoms with E-state index in [1.54, 1.807) is 26.2 Å². The maximum Gasteiger partial charge on any atom is 0.347 e. The van der Waals surface area contributed by atoms with Gasteiger partial charge in [0.25, 0.3) is 5.56 Å². The summed E-state index contributed by atoms with van der Waals surface area (Å²) < 4.78 is 14.4. The predicted octanol–water partition coefficient (Wildman–Crippen LogP) is 0.249. The number of likely N-dealkylation sites (N-methyl/N-ethyl adjacent to an activating group) is 1. The molecule has 1 aromatic heterocycles. The van der Waals surface area contributed by atoms with Gasteiger partial charge in [0.15, 0.2) is 0 Å². The van der Waals surface area contributed by atoms with Crippen LogP contribution in [0.3, 0.4) is 0 Å². The molecule has 0 saturated heterocycles. The van der Waals surface area contributed by atoms with Crippen LogP contribution in [0.1, 0.15) is 11.1 Å². The van der Waals surface area contributed by atoms with Crippen molar-refractivity contribution in [2.75, 3.05) is 20.6 Å². The third kappa shape index (κ3) is 9.16. The second-order valence-corrected chi connectivity index (χ2v) is 10.6. The molecule has 0 radical (unpaired) electrons. The second kappa shape index (κ2) is 15.0. The zero-order chi connectivity index (χ0) is 31.7. The van der Waals surface area contributed by atoms with Gasteiger partial charge in [-0.25, -0.2) is 9.18 Å². The van der Waals surface area contributed by atoms with E-state index in [9.17, 15) is 28.7 Å². The molecule has 1 heterocycles. The zero-order valence-electron chi connectivity index (χ0n) is 23.3. The number of aliphatic hydroxyl groups excluding tert-OH is 1. The van der Waals surface area contributed by atoms with Crippen LogP contribution >= 0.6 is 18.5 Å². The number of nitrogens with one attached hydrogen (secondary N) is 5. The van der Waals surface area contributed by atoms with Crippen molar-refractivity contribution in [3.8, 4) is 0 Å². The second-order valence-electron chi connectivity index (χ2n) is 9.36. The first-order valence-electron chi connectivity index (χ1n) is 12.6. The highest BCUT2D eigenvalue weighted by atomic mass is 31.0. The van der Waals surface area contributed by atoms with E-state index in [-0.39, 0.29) is 66.2 Å². The van der Waals surface area contributed by atoms with Gasteiger partial charge >= 0.3 is 6.03 Å². The van der Waals surface area contributed by atoms with E-state index >= 15 is 0 Å². The number of carbonyl (C=O) groups is 3. The molecule has 2 atom stereocenters. The number of halogens is 1. The van der Waals surface area contributed by atoms with Gasteiger partial charge in [0, 0.05) is 55.6 Å². The van der Waals surface area contributed by atoms with Crippen LogP contribution in [0.5, 0.6) is 0 Å². The van der Waals surface area contributed by atoms with Crippen molar-refractivity contribution in [2.24, 2.45) is 4.99 Å². The fourth-order valence-electron chi connectivity index (χ4n) is 3.66. The van der Waals surface area contributed by atoms with Crippen LogP contribution in [0.4, 0.5) is 9.18 Å². The quantitative estimate of drug-likeness (QED) is 0.0996. The number of rotatable bonds is 9. The highest BCUT2D eigenvalue weighted by molar-refractivity contribution is 7.35. The summed E-state index contributed by atoms with van der Waals surface area (Å²) in [5, 5.41) is 27.2. The number of aromatic nitrogens is 1. The van der Waals surface area contributed by atoms with Crippen LogP contribution in [0.25, 0.3) is 0 Å². The molecule has 16 heteroatoms. The lowest BCUT2D eigenvalue weighted by Gasteiger charge is -2.22. The first-order chi connectivity index (χ1) is 20.4. The zero-order valence-corrected chi connectivity index (χ0v) is 25.6. The Morgan fingerprint density at radius 1 is 1.21 bits per heavy atom. The largest absolute Gasteiger partial charge is 0.506 e. The molecule has 1 aliphatic carbocycles. The minimum atomic E-state index is -0.895. The van der Waals surface area contributed by atoms with E-state index in [1.165, 1.54) is 40.4 Å². The number of aromatic amines is 1. The Balaban J connectivity index is 1.92. The van der Waals surface area contributed by atoms with Crippen LogP contribution in [0.15, 0.2) is 75.6 Å². The minimum Gasteiger partial charge on any atom is -0.506 e. The molecule has 13 nitrogen and oxygen atoms in total. The lowest BCUT2D eigenvalue weighted by atomic mass is 10.0. The van der Waals surface area contributed by atoms with E-state index in [1.807, 2.05) is 0 Å². The first-order valence-corrected chi connectivity index (χ1v) is 13.7. The SMILES string of the molecule is CN(C)C(=O)CN/C=C1/C=C(N/C(=N/C(=O)N(Cc2cc(F)c(P)c(P)c2)Cc2ccc[nH]c2=O)NC=O)C(O)=CC1=N.